The van der Waals surface area contributed by atoms with E-state index < -0.39 is 0 Å². The Kier molecular flexibility index (Phi) is 5.07. The van der Waals surface area contributed by atoms with E-state index >= 15 is 0 Å². The van der Waals surface area contributed by atoms with Crippen LogP contribution in [0.25, 0.3) is 10.9 Å². The molecule has 4 heteroatoms. The summed E-state index contributed by atoms with van der Waals surface area (Å²) < 4.78 is 0. The molecule has 1 heterocycles. The molecule has 20 heavy (non-hydrogen) atoms. The highest BCUT2D eigenvalue weighted by atomic mass is 16.1. The quantitative estimate of drug-likeness (QED) is 0.877. The number of aromatic nitrogens is 1. The lowest BCUT2D eigenvalue weighted by molar-refractivity contribution is 0.0944. The predicted molar refractivity (Wildman–Crippen MR) is 81.9 cm³/mol. The van der Waals surface area contributed by atoms with Crippen molar-refractivity contribution in [3.8, 4) is 0 Å². The van der Waals surface area contributed by atoms with Gasteiger partial charge in [-0.15, -0.1) is 0 Å². The van der Waals surface area contributed by atoms with Gasteiger partial charge in [0.1, 0.15) is 5.69 Å². The molecule has 1 N–H and O–H groups in total. The zero-order chi connectivity index (χ0) is 14.4. The van der Waals surface area contributed by atoms with E-state index in [9.17, 15) is 4.79 Å². The van der Waals surface area contributed by atoms with Gasteiger partial charge in [-0.05, 0) is 25.2 Å². The van der Waals surface area contributed by atoms with Gasteiger partial charge in [0, 0.05) is 18.5 Å². The molecule has 0 fully saturated rings. The topological polar surface area (TPSA) is 45.2 Å². The third kappa shape index (κ3) is 3.54. The number of pyridine rings is 1. The fourth-order valence-electron chi connectivity index (χ4n) is 2.15. The van der Waals surface area contributed by atoms with Gasteiger partial charge < -0.3 is 10.2 Å². The lowest BCUT2D eigenvalue weighted by Gasteiger charge is -2.17. The number of nitrogens with one attached hydrogen (secondary N) is 1. The average Bonchev–Trinajstić information content (AvgIpc) is 2.51. The molecule has 4 nitrogen and oxygen atoms in total. The summed E-state index contributed by atoms with van der Waals surface area (Å²) in [6, 6.07) is 11.5. The van der Waals surface area contributed by atoms with Crippen molar-refractivity contribution in [1.29, 1.82) is 0 Å². The maximum Gasteiger partial charge on any atom is 0.269 e. The first-order valence-electron chi connectivity index (χ1n) is 7.11. The number of fused-ring (bicyclic) bond motifs is 1. The predicted octanol–water partition coefficient (Wildman–Crippen LogP) is 2.31. The Bertz CT molecular complexity index is 579. The Morgan fingerprint density at radius 2 is 1.90 bits per heavy atom. The van der Waals surface area contributed by atoms with Crippen molar-refractivity contribution in [3.05, 3.63) is 42.1 Å². The van der Waals surface area contributed by atoms with Crippen LogP contribution in [0.15, 0.2) is 36.4 Å². The molecule has 0 bridgehead atoms. The van der Waals surface area contributed by atoms with Crippen LogP contribution in [-0.2, 0) is 0 Å². The number of benzene rings is 1. The van der Waals surface area contributed by atoms with Crippen LogP contribution in [0, 0.1) is 0 Å². The van der Waals surface area contributed by atoms with Gasteiger partial charge in [0.25, 0.3) is 5.91 Å². The third-order valence-electron chi connectivity index (χ3n) is 3.44. The highest BCUT2D eigenvalue weighted by molar-refractivity contribution is 5.94. The Labute approximate surface area is 119 Å². The molecule has 0 saturated carbocycles. The number of hydrogen-bond acceptors (Lipinski definition) is 3. The van der Waals surface area contributed by atoms with Crippen LogP contribution in [-0.4, -0.2) is 42.0 Å². The minimum absolute atomic E-state index is 0.108. The molecular weight excluding hydrogens is 250 g/mol. The van der Waals surface area contributed by atoms with Gasteiger partial charge in [-0.3, -0.25) is 4.79 Å². The highest BCUT2D eigenvalue weighted by Crippen LogP contribution is 2.11. The molecule has 0 radical (unpaired) electrons. The summed E-state index contributed by atoms with van der Waals surface area (Å²) >= 11 is 0. The van der Waals surface area contributed by atoms with E-state index in [1.54, 1.807) is 6.07 Å². The number of carbonyl (C=O) groups excluding carboxylic acids is 1. The van der Waals surface area contributed by atoms with Gasteiger partial charge in [0.2, 0.25) is 0 Å². The van der Waals surface area contributed by atoms with E-state index in [1.807, 2.05) is 30.3 Å². The van der Waals surface area contributed by atoms with Crippen molar-refractivity contribution in [2.75, 3.05) is 26.2 Å². The normalized spacial score (nSPS) is 10.9. The minimum Gasteiger partial charge on any atom is -0.349 e. The number of para-hydroxylation sites is 1. The summed E-state index contributed by atoms with van der Waals surface area (Å²) in [5.41, 5.74) is 1.33. The average molecular weight is 271 g/mol. The smallest absolute Gasteiger partial charge is 0.269 e. The molecule has 0 saturated heterocycles. The summed E-state index contributed by atoms with van der Waals surface area (Å²) in [5, 5.41) is 3.97. The lowest BCUT2D eigenvalue weighted by Crippen LogP contribution is -2.35. The molecule has 2 rings (SSSR count). The van der Waals surface area contributed by atoms with E-state index in [1.165, 1.54) is 0 Å². The van der Waals surface area contributed by atoms with Crippen molar-refractivity contribution in [3.63, 3.8) is 0 Å². The van der Waals surface area contributed by atoms with Crippen molar-refractivity contribution < 1.29 is 4.79 Å². The van der Waals surface area contributed by atoms with Gasteiger partial charge >= 0.3 is 0 Å². The highest BCUT2D eigenvalue weighted by Gasteiger charge is 2.08. The fraction of sp³-hybridized carbons (Fsp3) is 0.375. The summed E-state index contributed by atoms with van der Waals surface area (Å²) in [5.74, 6) is -0.108. The van der Waals surface area contributed by atoms with E-state index in [4.69, 9.17) is 0 Å². The fourth-order valence-corrected chi connectivity index (χ4v) is 2.15. The molecule has 2 aromatic rings. The number of hydrogen-bond donors (Lipinski definition) is 1. The van der Waals surface area contributed by atoms with Crippen LogP contribution in [0.1, 0.15) is 24.3 Å². The van der Waals surface area contributed by atoms with Crippen LogP contribution >= 0.6 is 0 Å². The number of carbonyl (C=O) groups is 1. The van der Waals surface area contributed by atoms with Crippen molar-refractivity contribution in [2.45, 2.75) is 13.8 Å². The van der Waals surface area contributed by atoms with Gasteiger partial charge in [0.05, 0.1) is 5.52 Å². The number of rotatable bonds is 6. The van der Waals surface area contributed by atoms with Crippen LogP contribution in [0.2, 0.25) is 0 Å². The molecule has 0 atom stereocenters. The zero-order valence-electron chi connectivity index (χ0n) is 12.1. The standard InChI is InChI=1S/C16H21N3O/c1-3-19(4-2)12-11-17-16(20)15-10-9-13-7-5-6-8-14(13)18-15/h5-10H,3-4,11-12H2,1-2H3,(H,17,20). The van der Waals surface area contributed by atoms with Crippen molar-refractivity contribution in [1.82, 2.24) is 15.2 Å². The van der Waals surface area contributed by atoms with Crippen LogP contribution in [0.3, 0.4) is 0 Å². The van der Waals surface area contributed by atoms with E-state index in [-0.39, 0.29) is 5.91 Å². The van der Waals surface area contributed by atoms with Crippen molar-refractivity contribution in [2.24, 2.45) is 0 Å². The van der Waals surface area contributed by atoms with Crippen LogP contribution in [0.5, 0.6) is 0 Å². The number of amides is 1. The van der Waals surface area contributed by atoms with Gasteiger partial charge in [-0.1, -0.05) is 38.1 Å². The second-order valence-electron chi connectivity index (χ2n) is 4.67. The summed E-state index contributed by atoms with van der Waals surface area (Å²) in [6.07, 6.45) is 0. The molecule has 1 amide bonds. The summed E-state index contributed by atoms with van der Waals surface area (Å²) in [6.45, 7) is 7.76. The molecular formula is C16H21N3O. The molecule has 106 valence electrons. The molecule has 0 aliphatic carbocycles. The SMILES string of the molecule is CCN(CC)CCNC(=O)c1ccc2ccccc2n1. The molecule has 0 aliphatic heterocycles. The monoisotopic (exact) mass is 271 g/mol. The molecule has 0 spiro atoms. The molecule has 1 aromatic carbocycles. The maximum atomic E-state index is 12.1. The van der Waals surface area contributed by atoms with Crippen molar-refractivity contribution >= 4 is 16.8 Å². The Morgan fingerprint density at radius 1 is 1.15 bits per heavy atom. The third-order valence-corrected chi connectivity index (χ3v) is 3.44. The summed E-state index contributed by atoms with van der Waals surface area (Å²) in [4.78, 5) is 18.7. The second kappa shape index (κ2) is 7.01. The van der Waals surface area contributed by atoms with Gasteiger partial charge in [0.15, 0.2) is 0 Å². The zero-order valence-corrected chi connectivity index (χ0v) is 12.1. The first kappa shape index (κ1) is 14.5. The number of nitrogens with zero attached hydrogens (tertiary/aromatic N) is 2. The molecule has 0 aliphatic rings. The van der Waals surface area contributed by atoms with E-state index in [0.717, 1.165) is 30.5 Å². The Balaban J connectivity index is 1.97. The second-order valence-corrected chi connectivity index (χ2v) is 4.67. The van der Waals surface area contributed by atoms with Gasteiger partial charge in [-0.25, -0.2) is 4.98 Å². The number of likely N-dealkylation sites (N-methyl/N-ethyl adjacent to an activating group) is 1. The largest absolute Gasteiger partial charge is 0.349 e. The first-order valence-corrected chi connectivity index (χ1v) is 7.11. The molecule has 0 unspecified atom stereocenters. The first-order chi connectivity index (χ1) is 9.74. The van der Waals surface area contributed by atoms with Crippen LogP contribution in [0.4, 0.5) is 0 Å². The summed E-state index contributed by atoms with van der Waals surface area (Å²) in [7, 11) is 0. The molecule has 1 aromatic heterocycles. The maximum absolute atomic E-state index is 12.1. The van der Waals surface area contributed by atoms with E-state index in [2.05, 4.69) is 29.0 Å². The minimum atomic E-state index is -0.108. The Morgan fingerprint density at radius 3 is 2.65 bits per heavy atom. The van der Waals surface area contributed by atoms with E-state index in [0.29, 0.717) is 12.2 Å². The Hall–Kier alpha value is -1.94. The lowest BCUT2D eigenvalue weighted by atomic mass is 10.2. The van der Waals surface area contributed by atoms with Gasteiger partial charge in [-0.2, -0.15) is 0 Å². The van der Waals surface area contributed by atoms with Crippen LogP contribution < -0.4 is 5.32 Å².